The number of Topliss-reactive ketones (excluding diaryl/α,β-unsaturated/α-hetero) is 2. The molecule has 15 nitrogen and oxygen atoms in total. The van der Waals surface area contributed by atoms with Gasteiger partial charge in [-0.2, -0.15) is 10.2 Å². The van der Waals surface area contributed by atoms with E-state index >= 15 is 4.39 Å². The highest BCUT2D eigenvalue weighted by atomic mass is 35.9. The van der Waals surface area contributed by atoms with E-state index in [1.54, 1.807) is 103 Å². The number of aromatic nitrogens is 4. The average Bonchev–Trinajstić information content (AvgIpc) is 4.32. The largest absolute Gasteiger partial charge is 0.332 e. The van der Waals surface area contributed by atoms with Crippen LogP contribution in [0, 0.1) is 11.6 Å². The lowest BCUT2D eigenvalue weighted by atomic mass is 10.0. The van der Waals surface area contributed by atoms with E-state index in [1.807, 2.05) is 6.07 Å². The summed E-state index contributed by atoms with van der Waals surface area (Å²) >= 11 is 23.4. The maximum atomic E-state index is 15.4. The topological polar surface area (TPSA) is 198 Å². The van der Waals surface area contributed by atoms with Crippen LogP contribution in [0.15, 0.2) is 133 Å². The summed E-state index contributed by atoms with van der Waals surface area (Å²) in [6.07, 6.45) is -3.54. The number of rotatable bonds is 13. The number of benzene rings is 6. The van der Waals surface area contributed by atoms with Crippen LogP contribution in [0.25, 0.3) is 44.1 Å². The molecule has 10 rings (SSSR count). The monoisotopic (exact) mass is 1200 g/mol. The molecule has 0 saturated carbocycles. The van der Waals surface area contributed by atoms with Gasteiger partial charge >= 0.3 is 0 Å². The lowest BCUT2D eigenvalue weighted by molar-refractivity contribution is -0.119. The quantitative estimate of drug-likeness (QED) is 0.0487. The molecule has 2 fully saturated rings. The number of nitrogens with zero attached hydrogens (tertiary/aromatic N) is 5. The fraction of sp³-hybridized carbons (Fsp3) is 0.222. The normalized spacial score (nSPS) is 18.0. The molecule has 0 bridgehead atoms. The Labute approximate surface area is 469 Å². The Hall–Kier alpha value is -6.24. The summed E-state index contributed by atoms with van der Waals surface area (Å²) in [7, 11) is -4.40. The van der Waals surface area contributed by atoms with Crippen LogP contribution in [0.3, 0.4) is 0 Å². The zero-order chi connectivity index (χ0) is 56.9. The van der Waals surface area contributed by atoms with Crippen LogP contribution in [0.1, 0.15) is 47.7 Å². The van der Waals surface area contributed by atoms with Crippen molar-refractivity contribution < 1.29 is 50.8 Å². The number of anilines is 2. The first kappa shape index (κ1) is 58.9. The molecule has 0 radical (unpaired) electrons. The molecule has 6 aromatic carbocycles. The first-order valence-electron chi connectivity index (χ1n) is 24.2. The van der Waals surface area contributed by atoms with E-state index in [2.05, 4.69) is 26.1 Å². The third-order valence-electron chi connectivity index (χ3n) is 12.8. The summed E-state index contributed by atoms with van der Waals surface area (Å²) in [4.78, 5) is 59.9. The molecule has 79 heavy (non-hydrogen) atoms. The number of carbonyl (C=O) groups is 4. The Balaban J connectivity index is 0.000000173. The van der Waals surface area contributed by atoms with Gasteiger partial charge in [0.1, 0.15) is 42.3 Å². The van der Waals surface area contributed by atoms with Crippen molar-refractivity contribution >= 4 is 116 Å². The van der Waals surface area contributed by atoms with Gasteiger partial charge in [-0.15, -0.1) is 0 Å². The molecule has 2 aliphatic rings. The minimum atomic E-state index is -4.40. The van der Waals surface area contributed by atoms with Crippen LogP contribution in [0.2, 0.25) is 10.0 Å². The highest BCUT2D eigenvalue weighted by Crippen LogP contribution is 2.58. The summed E-state index contributed by atoms with van der Waals surface area (Å²) < 4.78 is 86.3. The zero-order valence-electron chi connectivity index (χ0n) is 41.8. The van der Waals surface area contributed by atoms with Gasteiger partial charge in [0.25, 0.3) is 13.4 Å². The van der Waals surface area contributed by atoms with Crippen molar-refractivity contribution in [3.63, 3.8) is 0 Å². The lowest BCUT2D eigenvalue weighted by Crippen LogP contribution is -2.38. The standard InChI is InChI=1S/C27H24ClF2N4O4P.C17H15ClF2N2O.C10H9Cl2N2O2P/c1-16(35)26-20-8-3-5-12-23(20)33(32-26)15-39(37,38)34-14-17(29)13-24(34)27(36)31-22-11-6-9-19(25(22)30)18-7-2-4-10-21(18)28;18-13-6-2-1-4-11(13)12-5-3-7-14(16(12)20)22-17(23)15-8-10(19)9-21-15;1-7(15)10-8-4-2-3-5-9(8)14(13-10)6-17(11,12)16/h2-12,17,24H,13-15H2,1H3,(H,31,36)(H,37,38);1-7,10,15,21H,8-9H2,(H,22,23);2-5H,6H2,1H3/t17-,24+;10-,15+;/m11./s1. The number of ketones is 2. The van der Waals surface area contributed by atoms with Crippen molar-refractivity contribution in [3.8, 4) is 22.3 Å². The van der Waals surface area contributed by atoms with Crippen molar-refractivity contribution in [2.75, 3.05) is 23.7 Å². The van der Waals surface area contributed by atoms with Gasteiger partial charge in [-0.1, -0.05) is 120 Å². The average molecular weight is 1200 g/mol. The number of halogens is 8. The smallest absolute Gasteiger partial charge is 0.291 e. The number of carbonyl (C=O) groups excluding carboxylic acids is 4. The molecule has 0 aliphatic carbocycles. The van der Waals surface area contributed by atoms with E-state index in [0.717, 1.165) is 4.67 Å². The third-order valence-corrected chi connectivity index (χ3v) is 16.5. The summed E-state index contributed by atoms with van der Waals surface area (Å²) in [5, 5.41) is 18.0. The second-order valence-electron chi connectivity index (χ2n) is 18.4. The third kappa shape index (κ3) is 13.9. The maximum Gasteiger partial charge on any atom is 0.291 e. The summed E-state index contributed by atoms with van der Waals surface area (Å²) in [6, 6.07) is 34.6. The fourth-order valence-electron chi connectivity index (χ4n) is 9.12. The van der Waals surface area contributed by atoms with Crippen molar-refractivity contribution in [2.24, 2.45) is 0 Å². The first-order valence-corrected chi connectivity index (χ1v) is 30.5. The number of alkyl halides is 2. The molecule has 4 heterocycles. The summed E-state index contributed by atoms with van der Waals surface area (Å²) in [5.74, 6) is -6.33. The predicted octanol–water partition coefficient (Wildman–Crippen LogP) is 13.5. The van der Waals surface area contributed by atoms with Crippen LogP contribution in [0.5, 0.6) is 0 Å². The van der Waals surface area contributed by atoms with Crippen molar-refractivity contribution in [1.82, 2.24) is 29.5 Å². The molecule has 5 atom stereocenters. The Bertz CT molecular complexity index is 3740. The van der Waals surface area contributed by atoms with E-state index in [4.69, 9.17) is 45.7 Å². The SMILES string of the molecule is CC(=O)c1nn(CP(=O)(Cl)Cl)c2ccccc12.CC(=O)c1nn(CP(=O)(O)N2C[C@H](F)C[C@H]2C(=O)Nc2cccc(-c3ccccc3Cl)c2F)c2ccccc12.O=C(Nc1cccc(-c2ccccc2Cl)c1F)[C@@H]1C[C@@H](F)CN1. The molecule has 2 aromatic heterocycles. The molecule has 2 saturated heterocycles. The fourth-order valence-corrected chi connectivity index (χ4v) is 12.5. The number of para-hydroxylation sites is 2. The summed E-state index contributed by atoms with van der Waals surface area (Å²) in [6.45, 7) is 2.44. The Kier molecular flexibility index (Phi) is 18.7. The Morgan fingerprint density at radius 1 is 0.620 bits per heavy atom. The van der Waals surface area contributed by atoms with E-state index in [1.165, 1.54) is 47.5 Å². The molecule has 1 unspecified atom stereocenters. The minimum absolute atomic E-state index is 0.0523. The zero-order valence-corrected chi connectivity index (χ0v) is 46.6. The molecule has 25 heteroatoms. The van der Waals surface area contributed by atoms with Gasteiger partial charge in [-0.25, -0.2) is 22.2 Å². The van der Waals surface area contributed by atoms with Crippen molar-refractivity contribution in [2.45, 2.75) is 63.7 Å². The molecule has 0 spiro atoms. The van der Waals surface area contributed by atoms with Crippen LogP contribution in [0.4, 0.5) is 28.9 Å². The van der Waals surface area contributed by atoms with Gasteiger partial charge in [0, 0.05) is 82.9 Å². The highest BCUT2D eigenvalue weighted by molar-refractivity contribution is 8.07. The molecular formula is C54H48Cl4F4N8O7P2. The number of hydrogen-bond donors (Lipinski definition) is 4. The van der Waals surface area contributed by atoms with E-state index in [-0.39, 0.29) is 59.9 Å². The highest BCUT2D eigenvalue weighted by Gasteiger charge is 2.46. The van der Waals surface area contributed by atoms with Gasteiger partial charge in [0.15, 0.2) is 23.2 Å². The van der Waals surface area contributed by atoms with Crippen molar-refractivity contribution in [3.05, 3.63) is 167 Å². The van der Waals surface area contributed by atoms with Crippen LogP contribution >= 0.6 is 59.1 Å². The van der Waals surface area contributed by atoms with Crippen LogP contribution in [-0.2, 0) is 31.3 Å². The number of fused-ring (bicyclic) bond motifs is 2. The molecule has 2 aliphatic heterocycles. The molecular weight excluding hydrogens is 1150 g/mol. The van der Waals surface area contributed by atoms with Gasteiger partial charge < -0.3 is 20.8 Å². The molecule has 4 N–H and O–H groups in total. The second kappa shape index (κ2) is 25.1. The van der Waals surface area contributed by atoms with Crippen molar-refractivity contribution in [1.29, 1.82) is 0 Å². The Morgan fingerprint density at radius 2 is 1.06 bits per heavy atom. The van der Waals surface area contributed by atoms with E-state index < -0.39 is 74.1 Å². The second-order valence-corrected chi connectivity index (χ2v) is 26.6. The predicted molar refractivity (Wildman–Crippen MR) is 301 cm³/mol. The number of hydrogen-bond acceptors (Lipinski definition) is 9. The number of nitrogens with one attached hydrogen (secondary N) is 3. The van der Waals surface area contributed by atoms with Gasteiger partial charge in [0.2, 0.25) is 11.8 Å². The first-order chi connectivity index (χ1) is 37.5. The van der Waals surface area contributed by atoms with Crippen LogP contribution < -0.4 is 16.0 Å². The van der Waals surface area contributed by atoms with E-state index in [9.17, 15) is 46.4 Å². The minimum Gasteiger partial charge on any atom is -0.332 e. The summed E-state index contributed by atoms with van der Waals surface area (Å²) in [5.41, 5.74) is 2.93. The lowest BCUT2D eigenvalue weighted by Gasteiger charge is -2.28. The van der Waals surface area contributed by atoms with Gasteiger partial charge in [-0.05, 0) is 58.9 Å². The maximum absolute atomic E-state index is 15.4. The molecule has 8 aromatic rings. The van der Waals surface area contributed by atoms with Gasteiger partial charge in [0.05, 0.1) is 28.5 Å². The molecule has 2 amide bonds. The number of amides is 2. The van der Waals surface area contributed by atoms with Crippen LogP contribution in [-0.4, -0.2) is 90.0 Å². The Morgan fingerprint density at radius 3 is 1.52 bits per heavy atom. The van der Waals surface area contributed by atoms with Gasteiger partial charge in [-0.3, -0.25) is 37.7 Å². The molecule has 412 valence electrons. The van der Waals surface area contributed by atoms with E-state index in [0.29, 0.717) is 54.2 Å².